The molecule has 1 unspecified atom stereocenters. The van der Waals surface area contributed by atoms with Crippen LogP contribution in [-0.4, -0.2) is 43.1 Å². The maximum Gasteiger partial charge on any atom is 0.292 e. The van der Waals surface area contributed by atoms with Crippen molar-refractivity contribution in [3.05, 3.63) is 70.1 Å². The first-order valence-corrected chi connectivity index (χ1v) is 10.5. The highest BCUT2D eigenvalue weighted by Gasteiger charge is 2.24. The highest BCUT2D eigenvalue weighted by Crippen LogP contribution is 2.29. The molecule has 3 aromatic rings. The first-order valence-electron chi connectivity index (χ1n) is 10.2. The first kappa shape index (κ1) is 21.1. The summed E-state index contributed by atoms with van der Waals surface area (Å²) in [6.07, 6.45) is 3.65. The Morgan fingerprint density at radius 1 is 1.10 bits per heavy atom. The smallest absolute Gasteiger partial charge is 0.292 e. The molecule has 1 saturated heterocycles. The summed E-state index contributed by atoms with van der Waals surface area (Å²) in [5, 5.41) is 8.10. The van der Waals surface area contributed by atoms with Gasteiger partial charge in [-0.25, -0.2) is 0 Å². The number of nitrogens with one attached hydrogen (secondary N) is 1. The molecule has 1 aliphatic rings. The normalized spacial score (nSPS) is 16.1. The number of hydrogen-bond acceptors (Lipinski definition) is 6. The number of anilines is 2. The second-order valence-electron chi connectivity index (χ2n) is 7.43. The van der Waals surface area contributed by atoms with Gasteiger partial charge >= 0.3 is 0 Å². The van der Waals surface area contributed by atoms with Crippen molar-refractivity contribution < 1.29 is 9.47 Å². The van der Waals surface area contributed by atoms with E-state index in [-0.39, 0.29) is 16.6 Å². The zero-order valence-electron chi connectivity index (χ0n) is 17.5. The largest absolute Gasteiger partial charge is 0.497 e. The van der Waals surface area contributed by atoms with Gasteiger partial charge in [0.05, 0.1) is 31.8 Å². The van der Waals surface area contributed by atoms with Gasteiger partial charge in [-0.3, -0.25) is 4.79 Å². The molecule has 1 aliphatic heterocycles. The van der Waals surface area contributed by atoms with Crippen LogP contribution >= 0.6 is 11.6 Å². The van der Waals surface area contributed by atoms with Crippen molar-refractivity contribution in [3.8, 4) is 17.2 Å². The Labute approximate surface area is 186 Å². The van der Waals surface area contributed by atoms with E-state index in [2.05, 4.69) is 15.3 Å². The van der Waals surface area contributed by atoms with E-state index in [1.54, 1.807) is 20.4 Å². The van der Waals surface area contributed by atoms with Gasteiger partial charge < -0.3 is 19.7 Å². The van der Waals surface area contributed by atoms with E-state index < -0.39 is 0 Å². The van der Waals surface area contributed by atoms with E-state index in [4.69, 9.17) is 21.1 Å². The Hall–Kier alpha value is -3.19. The molecule has 1 atom stereocenters. The van der Waals surface area contributed by atoms with E-state index in [9.17, 15) is 4.79 Å². The molecule has 8 heteroatoms. The molecule has 0 radical (unpaired) electrons. The van der Waals surface area contributed by atoms with Crippen molar-refractivity contribution in [1.29, 1.82) is 0 Å². The lowest BCUT2D eigenvalue weighted by Gasteiger charge is -2.35. The fraction of sp³-hybridized carbons (Fsp3) is 0.304. The van der Waals surface area contributed by atoms with Crippen LogP contribution in [0.3, 0.4) is 0 Å². The third kappa shape index (κ3) is 4.61. The Kier molecular flexibility index (Phi) is 6.32. The average Bonchev–Trinajstić information content (AvgIpc) is 2.81. The number of piperidine rings is 1. The van der Waals surface area contributed by atoms with Gasteiger partial charge in [0.2, 0.25) is 0 Å². The van der Waals surface area contributed by atoms with Crippen molar-refractivity contribution in [3.63, 3.8) is 0 Å². The van der Waals surface area contributed by atoms with Crippen LogP contribution in [0, 0.1) is 0 Å². The summed E-state index contributed by atoms with van der Waals surface area (Å²) in [5.74, 6) is 1.46. The van der Waals surface area contributed by atoms with Gasteiger partial charge in [-0.05, 0) is 25.0 Å². The minimum atomic E-state index is -0.321. The molecule has 2 aromatic carbocycles. The van der Waals surface area contributed by atoms with Gasteiger partial charge in [-0.15, -0.1) is 0 Å². The molecular formula is C23H25ClN4O3. The first-order chi connectivity index (χ1) is 15.1. The number of benzene rings is 2. The summed E-state index contributed by atoms with van der Waals surface area (Å²) in [6, 6.07) is 15.2. The molecular weight excluding hydrogens is 416 g/mol. The van der Waals surface area contributed by atoms with Gasteiger partial charge in [0.1, 0.15) is 16.5 Å². The molecule has 4 rings (SSSR count). The van der Waals surface area contributed by atoms with Crippen molar-refractivity contribution >= 4 is 23.0 Å². The van der Waals surface area contributed by atoms with Crippen molar-refractivity contribution in [2.45, 2.75) is 18.9 Å². The van der Waals surface area contributed by atoms with Crippen molar-refractivity contribution in [2.75, 3.05) is 37.5 Å². The third-order valence-electron chi connectivity index (χ3n) is 5.39. The highest BCUT2D eigenvalue weighted by atomic mass is 35.5. The lowest BCUT2D eigenvalue weighted by molar-refractivity contribution is 0.394. The number of rotatable bonds is 6. The van der Waals surface area contributed by atoms with Gasteiger partial charge in [0.15, 0.2) is 0 Å². The van der Waals surface area contributed by atoms with E-state index >= 15 is 0 Å². The predicted molar refractivity (Wildman–Crippen MR) is 123 cm³/mol. The quantitative estimate of drug-likeness (QED) is 0.625. The maximum atomic E-state index is 12.8. The molecule has 0 aliphatic carbocycles. The van der Waals surface area contributed by atoms with Gasteiger partial charge in [0, 0.05) is 43.0 Å². The van der Waals surface area contributed by atoms with Crippen LogP contribution in [0.4, 0.5) is 11.4 Å². The molecule has 1 aromatic heterocycles. The summed E-state index contributed by atoms with van der Waals surface area (Å²) in [7, 11) is 3.26. The van der Waals surface area contributed by atoms with Crippen LogP contribution in [0.15, 0.2) is 59.5 Å². The third-order valence-corrected chi connectivity index (χ3v) is 5.74. The monoisotopic (exact) mass is 440 g/mol. The number of halogens is 1. The highest BCUT2D eigenvalue weighted by molar-refractivity contribution is 6.33. The molecule has 7 nitrogen and oxygen atoms in total. The maximum absolute atomic E-state index is 12.8. The summed E-state index contributed by atoms with van der Waals surface area (Å²) in [4.78, 5) is 15.0. The van der Waals surface area contributed by atoms with Crippen LogP contribution in [0.2, 0.25) is 5.02 Å². The second-order valence-corrected chi connectivity index (χ2v) is 7.81. The molecule has 0 spiro atoms. The number of aromatic nitrogens is 2. The number of para-hydroxylation sites is 1. The van der Waals surface area contributed by atoms with E-state index in [0.717, 1.165) is 36.6 Å². The average molecular weight is 441 g/mol. The molecule has 1 fully saturated rings. The molecule has 0 bridgehead atoms. The summed E-state index contributed by atoms with van der Waals surface area (Å²) in [5.41, 5.74) is 1.95. The number of hydrogen-bond donors (Lipinski definition) is 1. The second kappa shape index (κ2) is 9.31. The molecule has 31 heavy (non-hydrogen) atoms. The molecule has 2 heterocycles. The Balaban J connectivity index is 1.54. The Morgan fingerprint density at radius 3 is 2.48 bits per heavy atom. The number of nitrogens with zero attached hydrogens (tertiary/aromatic N) is 3. The Morgan fingerprint density at radius 2 is 1.81 bits per heavy atom. The lowest BCUT2D eigenvalue weighted by atomic mass is 10.0. The van der Waals surface area contributed by atoms with Crippen LogP contribution in [-0.2, 0) is 0 Å². The fourth-order valence-electron chi connectivity index (χ4n) is 3.84. The van der Waals surface area contributed by atoms with Crippen molar-refractivity contribution in [2.24, 2.45) is 0 Å². The van der Waals surface area contributed by atoms with Crippen molar-refractivity contribution in [1.82, 2.24) is 9.78 Å². The van der Waals surface area contributed by atoms with Crippen LogP contribution in [0.5, 0.6) is 11.5 Å². The lowest BCUT2D eigenvalue weighted by Crippen LogP contribution is -2.43. The Bertz CT molecular complexity index is 1080. The van der Waals surface area contributed by atoms with Gasteiger partial charge in [-0.2, -0.15) is 9.78 Å². The number of ether oxygens (including phenoxy) is 2. The SMILES string of the molecule is COc1cc(NC2CCCN(c3cnn(-c4ccccc4)c(=O)c3Cl)C2)cc(OC)c1. The van der Waals surface area contributed by atoms with E-state index in [1.165, 1.54) is 4.68 Å². The van der Waals surface area contributed by atoms with E-state index in [1.807, 2.05) is 48.5 Å². The van der Waals surface area contributed by atoms with Crippen LogP contribution < -0.4 is 25.2 Å². The standard InChI is InChI=1S/C23H25ClN4O3/c1-30-19-11-17(12-20(13-19)31-2)26-16-7-6-10-27(15-16)21-14-25-28(23(29)22(21)24)18-8-4-3-5-9-18/h3-5,8-9,11-14,16,26H,6-7,10,15H2,1-2H3. The van der Waals surface area contributed by atoms with Gasteiger partial charge in [-0.1, -0.05) is 29.8 Å². The molecule has 1 N–H and O–H groups in total. The van der Waals surface area contributed by atoms with Crippen LogP contribution in [0.1, 0.15) is 12.8 Å². The predicted octanol–water partition coefficient (Wildman–Crippen LogP) is 3.98. The summed E-state index contributed by atoms with van der Waals surface area (Å²) < 4.78 is 12.0. The molecule has 0 amide bonds. The van der Waals surface area contributed by atoms with E-state index in [0.29, 0.717) is 17.9 Å². The molecule has 0 saturated carbocycles. The number of methoxy groups -OCH3 is 2. The van der Waals surface area contributed by atoms with Crippen LogP contribution in [0.25, 0.3) is 5.69 Å². The zero-order valence-corrected chi connectivity index (χ0v) is 18.3. The summed E-state index contributed by atoms with van der Waals surface area (Å²) in [6.45, 7) is 1.52. The topological polar surface area (TPSA) is 68.6 Å². The molecule has 162 valence electrons. The van der Waals surface area contributed by atoms with Gasteiger partial charge in [0.25, 0.3) is 5.56 Å². The minimum absolute atomic E-state index is 0.179. The zero-order chi connectivity index (χ0) is 21.8. The minimum Gasteiger partial charge on any atom is -0.497 e. The fourth-order valence-corrected chi connectivity index (χ4v) is 4.09. The summed E-state index contributed by atoms with van der Waals surface area (Å²) >= 11 is 6.50.